The summed E-state index contributed by atoms with van der Waals surface area (Å²) in [6.45, 7) is 4.52. The summed E-state index contributed by atoms with van der Waals surface area (Å²) in [6.07, 6.45) is 1.81. The molecule has 1 amide bonds. The van der Waals surface area contributed by atoms with Gasteiger partial charge in [-0.25, -0.2) is 13.4 Å². The minimum Gasteiger partial charge on any atom is -0.345 e. The van der Waals surface area contributed by atoms with Crippen molar-refractivity contribution >= 4 is 54.2 Å². The van der Waals surface area contributed by atoms with Crippen LogP contribution < -0.4 is 4.90 Å². The molecule has 7 nitrogen and oxygen atoms in total. The third-order valence-electron chi connectivity index (χ3n) is 6.41. The molecule has 2 heterocycles. The number of piperazine rings is 1. The van der Waals surface area contributed by atoms with Crippen molar-refractivity contribution in [1.29, 1.82) is 0 Å². The Kier molecular flexibility index (Phi) is 5.84. The van der Waals surface area contributed by atoms with Gasteiger partial charge < -0.3 is 9.80 Å². The molecule has 0 spiro atoms. The average Bonchev–Trinajstić information content (AvgIpc) is 3.59. The Labute approximate surface area is 202 Å². The van der Waals surface area contributed by atoms with Crippen molar-refractivity contribution in [1.82, 2.24) is 14.2 Å². The monoisotopic (exact) mass is 504 g/mol. The molecule has 33 heavy (non-hydrogen) atoms. The van der Waals surface area contributed by atoms with Crippen molar-refractivity contribution in [3.05, 3.63) is 52.5 Å². The summed E-state index contributed by atoms with van der Waals surface area (Å²) in [5.74, 6) is -0.0823. The average molecular weight is 505 g/mol. The van der Waals surface area contributed by atoms with Gasteiger partial charge in [-0.05, 0) is 61.7 Å². The smallest absolute Gasteiger partial charge is 0.253 e. The van der Waals surface area contributed by atoms with Gasteiger partial charge in [0, 0.05) is 49.9 Å². The van der Waals surface area contributed by atoms with E-state index in [9.17, 15) is 13.2 Å². The van der Waals surface area contributed by atoms with Crippen molar-refractivity contribution in [3.8, 4) is 0 Å². The molecule has 1 aliphatic carbocycles. The summed E-state index contributed by atoms with van der Waals surface area (Å²) < 4.78 is 27.9. The topological polar surface area (TPSA) is 73.8 Å². The van der Waals surface area contributed by atoms with Gasteiger partial charge in [-0.1, -0.05) is 22.9 Å². The lowest BCUT2D eigenvalue weighted by Gasteiger charge is -2.34. The molecule has 1 saturated heterocycles. The third kappa shape index (κ3) is 4.23. The van der Waals surface area contributed by atoms with Crippen molar-refractivity contribution in [2.75, 3.05) is 38.1 Å². The lowest BCUT2D eigenvalue weighted by atomic mass is 10.2. The standard InChI is InChI=1S/C23H25ClN4O3S2/c1-15-19(24)9-10-20-21(15)25-23(32-20)28-13-11-27(12-14-28)22(29)16-3-7-18(8-4-16)33(30,31)26(2)17-5-6-17/h3-4,7-10,17H,5-6,11-14H2,1-2H3. The summed E-state index contributed by atoms with van der Waals surface area (Å²) in [4.78, 5) is 22.0. The number of thiazole rings is 1. The number of carbonyl (C=O) groups is 1. The Morgan fingerprint density at radius 2 is 1.76 bits per heavy atom. The van der Waals surface area contributed by atoms with E-state index in [0.717, 1.165) is 33.8 Å². The molecule has 1 aromatic heterocycles. The van der Waals surface area contributed by atoms with Crippen molar-refractivity contribution < 1.29 is 13.2 Å². The second-order valence-electron chi connectivity index (χ2n) is 8.57. The molecule has 174 valence electrons. The SMILES string of the molecule is Cc1c(Cl)ccc2sc(N3CCN(C(=O)c4ccc(S(=O)(=O)N(C)C5CC5)cc4)CC3)nc12. The van der Waals surface area contributed by atoms with E-state index in [0.29, 0.717) is 36.8 Å². The molecule has 5 rings (SSSR count). The van der Waals surface area contributed by atoms with E-state index in [2.05, 4.69) is 4.90 Å². The molecular formula is C23H25ClN4O3S2. The van der Waals surface area contributed by atoms with E-state index in [-0.39, 0.29) is 16.8 Å². The zero-order valence-corrected chi connectivity index (χ0v) is 20.9. The number of nitrogens with zero attached hydrogens (tertiary/aromatic N) is 4. The molecule has 0 N–H and O–H groups in total. The van der Waals surface area contributed by atoms with Crippen LogP contribution in [-0.2, 0) is 10.0 Å². The Bertz CT molecular complexity index is 1310. The van der Waals surface area contributed by atoms with Crippen LogP contribution in [0, 0.1) is 6.92 Å². The van der Waals surface area contributed by atoms with Gasteiger partial charge >= 0.3 is 0 Å². The van der Waals surface area contributed by atoms with Gasteiger partial charge in [0.05, 0.1) is 15.1 Å². The second-order valence-corrected chi connectivity index (χ2v) is 12.0. The Balaban J connectivity index is 1.25. The molecule has 2 aromatic carbocycles. The number of aryl methyl sites for hydroxylation is 1. The number of fused-ring (bicyclic) bond motifs is 1. The number of hydrogen-bond donors (Lipinski definition) is 0. The van der Waals surface area contributed by atoms with E-state index in [1.807, 2.05) is 24.0 Å². The number of aromatic nitrogens is 1. The first kappa shape index (κ1) is 22.6. The third-order valence-corrected chi connectivity index (χ3v) is 9.83. The first-order valence-corrected chi connectivity index (χ1v) is 13.6. The number of amides is 1. The van der Waals surface area contributed by atoms with Crippen LogP contribution in [-0.4, -0.2) is 67.8 Å². The van der Waals surface area contributed by atoms with Gasteiger partial charge in [0.2, 0.25) is 10.0 Å². The fraction of sp³-hybridized carbons (Fsp3) is 0.391. The Morgan fingerprint density at radius 3 is 2.39 bits per heavy atom. The summed E-state index contributed by atoms with van der Waals surface area (Å²) in [6, 6.07) is 10.3. The lowest BCUT2D eigenvalue weighted by Crippen LogP contribution is -2.48. The number of sulfonamides is 1. The zero-order chi connectivity index (χ0) is 23.3. The number of benzene rings is 2. The van der Waals surface area contributed by atoms with Gasteiger partial charge in [0.25, 0.3) is 5.91 Å². The quantitative estimate of drug-likeness (QED) is 0.525. The van der Waals surface area contributed by atoms with Gasteiger partial charge in [0.1, 0.15) is 0 Å². The molecule has 3 aromatic rings. The van der Waals surface area contributed by atoms with Crippen LogP contribution in [0.2, 0.25) is 5.02 Å². The molecular weight excluding hydrogens is 480 g/mol. The number of carbonyl (C=O) groups excluding carboxylic acids is 1. The van der Waals surface area contributed by atoms with Crippen LogP contribution >= 0.6 is 22.9 Å². The van der Waals surface area contributed by atoms with Gasteiger partial charge in [-0.2, -0.15) is 4.31 Å². The highest BCUT2D eigenvalue weighted by Gasteiger charge is 2.35. The predicted octanol–water partition coefficient (Wildman–Crippen LogP) is 4.00. The molecule has 2 fully saturated rings. The van der Waals surface area contributed by atoms with Gasteiger partial charge in [-0.3, -0.25) is 4.79 Å². The predicted molar refractivity (Wildman–Crippen MR) is 132 cm³/mol. The normalized spacial score (nSPS) is 17.2. The van der Waals surface area contributed by atoms with Crippen molar-refractivity contribution in [2.45, 2.75) is 30.7 Å². The van der Waals surface area contributed by atoms with E-state index in [1.54, 1.807) is 30.5 Å². The van der Waals surface area contributed by atoms with Crippen LogP contribution in [0.25, 0.3) is 10.2 Å². The Hall–Kier alpha value is -2.20. The van der Waals surface area contributed by atoms with E-state index >= 15 is 0 Å². The van der Waals surface area contributed by atoms with Gasteiger partial charge in [-0.15, -0.1) is 0 Å². The maximum atomic E-state index is 13.0. The molecule has 2 aliphatic rings. The highest BCUT2D eigenvalue weighted by atomic mass is 35.5. The number of hydrogen-bond acceptors (Lipinski definition) is 6. The fourth-order valence-electron chi connectivity index (χ4n) is 4.08. The molecule has 1 aliphatic heterocycles. The minimum atomic E-state index is -3.51. The lowest BCUT2D eigenvalue weighted by molar-refractivity contribution is 0.0746. The fourth-order valence-corrected chi connectivity index (χ4v) is 6.72. The number of halogens is 1. The molecule has 0 bridgehead atoms. The number of rotatable bonds is 5. The second kappa shape index (κ2) is 8.54. The molecule has 1 saturated carbocycles. The molecule has 0 radical (unpaired) electrons. The van der Waals surface area contributed by atoms with Crippen LogP contribution in [0.3, 0.4) is 0 Å². The van der Waals surface area contributed by atoms with E-state index in [1.165, 1.54) is 16.4 Å². The summed E-state index contributed by atoms with van der Waals surface area (Å²) in [5, 5.41) is 1.66. The molecule has 0 atom stereocenters. The molecule has 0 unspecified atom stereocenters. The van der Waals surface area contributed by atoms with Crippen molar-refractivity contribution in [2.24, 2.45) is 0 Å². The maximum Gasteiger partial charge on any atom is 0.253 e. The van der Waals surface area contributed by atoms with Crippen molar-refractivity contribution in [3.63, 3.8) is 0 Å². The number of anilines is 1. The highest BCUT2D eigenvalue weighted by molar-refractivity contribution is 7.89. The van der Waals surface area contributed by atoms with Crippen LogP contribution in [0.4, 0.5) is 5.13 Å². The first-order chi connectivity index (χ1) is 15.8. The zero-order valence-electron chi connectivity index (χ0n) is 18.5. The summed E-state index contributed by atoms with van der Waals surface area (Å²) in [7, 11) is -1.89. The van der Waals surface area contributed by atoms with E-state index in [4.69, 9.17) is 16.6 Å². The van der Waals surface area contributed by atoms with Crippen LogP contribution in [0.5, 0.6) is 0 Å². The van der Waals surface area contributed by atoms with E-state index < -0.39 is 10.0 Å². The molecule has 10 heteroatoms. The summed E-state index contributed by atoms with van der Waals surface area (Å²) in [5.41, 5.74) is 2.42. The van der Waals surface area contributed by atoms with Crippen LogP contribution in [0.1, 0.15) is 28.8 Å². The maximum absolute atomic E-state index is 13.0. The first-order valence-electron chi connectivity index (χ1n) is 10.9. The summed E-state index contributed by atoms with van der Waals surface area (Å²) >= 11 is 7.87. The van der Waals surface area contributed by atoms with Gasteiger partial charge in [0.15, 0.2) is 5.13 Å². The highest BCUT2D eigenvalue weighted by Crippen LogP contribution is 2.34. The van der Waals surface area contributed by atoms with Crippen LogP contribution in [0.15, 0.2) is 41.3 Å². The largest absolute Gasteiger partial charge is 0.345 e. The minimum absolute atomic E-state index is 0.0823. The Morgan fingerprint density at radius 1 is 1.09 bits per heavy atom.